The maximum absolute atomic E-state index is 5.58. The summed E-state index contributed by atoms with van der Waals surface area (Å²) in [6, 6.07) is 4.83. The molecule has 0 aromatic carbocycles. The summed E-state index contributed by atoms with van der Waals surface area (Å²) in [4.78, 5) is 9.29. The van der Waals surface area contributed by atoms with Gasteiger partial charge in [0.1, 0.15) is 0 Å². The first-order valence-electron chi connectivity index (χ1n) is 6.63. The molecule has 2 atom stereocenters. The molecule has 1 aliphatic rings. The molecule has 0 radical (unpaired) electrons. The Balaban J connectivity index is 1.94. The van der Waals surface area contributed by atoms with Crippen molar-refractivity contribution in [2.24, 2.45) is 11.7 Å². The number of aromatic nitrogens is 1. The number of likely N-dealkylation sites (N-methyl/N-ethyl adjacent to an activating group) is 1. The minimum absolute atomic E-state index is 0.566. The molecule has 0 aliphatic carbocycles. The molecule has 1 fully saturated rings. The number of hydrogen-bond donors (Lipinski definition) is 1. The number of rotatable bonds is 4. The van der Waals surface area contributed by atoms with E-state index in [4.69, 9.17) is 5.73 Å². The fourth-order valence-electron chi connectivity index (χ4n) is 2.75. The topological polar surface area (TPSA) is 45.4 Å². The molecule has 1 aromatic heterocycles. The minimum atomic E-state index is 0.566. The van der Waals surface area contributed by atoms with Crippen molar-refractivity contribution >= 4 is 0 Å². The van der Waals surface area contributed by atoms with Gasteiger partial charge in [0.15, 0.2) is 0 Å². The van der Waals surface area contributed by atoms with Crippen LogP contribution in [0.3, 0.4) is 0 Å². The van der Waals surface area contributed by atoms with Gasteiger partial charge in [-0.2, -0.15) is 0 Å². The SMILES string of the molecule is CC1CN(Cc2ccc(CN)cn2)CC1N(C)C. The van der Waals surface area contributed by atoms with Crippen LogP contribution in [-0.2, 0) is 13.1 Å². The highest BCUT2D eigenvalue weighted by Crippen LogP contribution is 2.21. The Labute approximate surface area is 110 Å². The second kappa shape index (κ2) is 5.78. The van der Waals surface area contributed by atoms with Crippen molar-refractivity contribution in [2.75, 3.05) is 27.2 Å². The maximum Gasteiger partial charge on any atom is 0.0544 e. The van der Waals surface area contributed by atoms with Crippen LogP contribution in [0.5, 0.6) is 0 Å². The molecule has 2 unspecified atom stereocenters. The highest BCUT2D eigenvalue weighted by Gasteiger charge is 2.30. The first-order valence-corrected chi connectivity index (χ1v) is 6.63. The van der Waals surface area contributed by atoms with Gasteiger partial charge in [-0.25, -0.2) is 0 Å². The highest BCUT2D eigenvalue weighted by atomic mass is 15.2. The third kappa shape index (κ3) is 3.07. The van der Waals surface area contributed by atoms with Crippen molar-refractivity contribution in [3.63, 3.8) is 0 Å². The summed E-state index contributed by atoms with van der Waals surface area (Å²) < 4.78 is 0. The van der Waals surface area contributed by atoms with E-state index in [0.29, 0.717) is 12.6 Å². The lowest BCUT2D eigenvalue weighted by atomic mass is 10.1. The molecule has 2 heterocycles. The average molecular weight is 248 g/mol. The third-order valence-electron chi connectivity index (χ3n) is 3.82. The molecule has 1 aromatic rings. The van der Waals surface area contributed by atoms with Crippen LogP contribution < -0.4 is 5.73 Å². The Morgan fingerprint density at radius 2 is 2.17 bits per heavy atom. The fraction of sp³-hybridized carbons (Fsp3) is 0.643. The zero-order valence-corrected chi connectivity index (χ0v) is 11.6. The Hall–Kier alpha value is -0.970. The second-order valence-corrected chi connectivity index (χ2v) is 5.56. The van der Waals surface area contributed by atoms with E-state index >= 15 is 0 Å². The van der Waals surface area contributed by atoms with E-state index in [-0.39, 0.29) is 0 Å². The summed E-state index contributed by atoms with van der Waals surface area (Å²) in [7, 11) is 4.33. The quantitative estimate of drug-likeness (QED) is 0.861. The maximum atomic E-state index is 5.58. The third-order valence-corrected chi connectivity index (χ3v) is 3.82. The van der Waals surface area contributed by atoms with Crippen LogP contribution in [0.15, 0.2) is 18.3 Å². The molecule has 2 N–H and O–H groups in total. The first kappa shape index (κ1) is 13.5. The number of hydrogen-bond acceptors (Lipinski definition) is 4. The van der Waals surface area contributed by atoms with Gasteiger partial charge in [-0.15, -0.1) is 0 Å². The summed E-state index contributed by atoms with van der Waals surface area (Å²) in [5.74, 6) is 0.725. The summed E-state index contributed by atoms with van der Waals surface area (Å²) in [5, 5.41) is 0. The largest absolute Gasteiger partial charge is 0.326 e. The van der Waals surface area contributed by atoms with Gasteiger partial charge in [0.25, 0.3) is 0 Å². The number of nitrogens with zero attached hydrogens (tertiary/aromatic N) is 3. The Morgan fingerprint density at radius 1 is 1.39 bits per heavy atom. The van der Waals surface area contributed by atoms with E-state index < -0.39 is 0 Å². The van der Waals surface area contributed by atoms with Gasteiger partial charge in [0, 0.05) is 38.4 Å². The van der Waals surface area contributed by atoms with Crippen molar-refractivity contribution in [1.29, 1.82) is 0 Å². The molecular weight excluding hydrogens is 224 g/mol. The molecule has 0 saturated carbocycles. The van der Waals surface area contributed by atoms with Crippen LogP contribution in [-0.4, -0.2) is 48.0 Å². The predicted octanol–water partition coefficient (Wildman–Crippen LogP) is 0.922. The van der Waals surface area contributed by atoms with Crippen molar-refractivity contribution in [3.8, 4) is 0 Å². The zero-order valence-electron chi connectivity index (χ0n) is 11.6. The van der Waals surface area contributed by atoms with Gasteiger partial charge in [-0.1, -0.05) is 13.0 Å². The number of likely N-dealkylation sites (tertiary alicyclic amines) is 1. The normalized spacial score (nSPS) is 24.9. The Kier molecular flexibility index (Phi) is 4.32. The van der Waals surface area contributed by atoms with Crippen molar-refractivity contribution in [2.45, 2.75) is 26.1 Å². The lowest BCUT2D eigenvalue weighted by molar-refractivity contribution is 0.249. The molecule has 0 spiro atoms. The van der Waals surface area contributed by atoms with Gasteiger partial charge in [-0.05, 0) is 31.6 Å². The standard InChI is InChI=1S/C14H24N4/c1-11-8-18(10-14(11)17(2)3)9-13-5-4-12(6-15)7-16-13/h4-5,7,11,14H,6,8-10,15H2,1-3H3. The molecule has 0 bridgehead atoms. The van der Waals surface area contributed by atoms with Gasteiger partial charge >= 0.3 is 0 Å². The molecule has 4 nitrogen and oxygen atoms in total. The van der Waals surface area contributed by atoms with Crippen molar-refractivity contribution < 1.29 is 0 Å². The molecule has 0 amide bonds. The molecule has 1 aliphatic heterocycles. The highest BCUT2D eigenvalue weighted by molar-refractivity contribution is 5.13. The smallest absolute Gasteiger partial charge is 0.0544 e. The molecule has 4 heteroatoms. The molecule has 2 rings (SSSR count). The van der Waals surface area contributed by atoms with Crippen LogP contribution in [0.2, 0.25) is 0 Å². The summed E-state index contributed by atoms with van der Waals surface area (Å²) in [5.41, 5.74) is 7.81. The second-order valence-electron chi connectivity index (χ2n) is 5.56. The van der Waals surface area contributed by atoms with Crippen molar-refractivity contribution in [1.82, 2.24) is 14.8 Å². The fourth-order valence-corrected chi connectivity index (χ4v) is 2.75. The number of pyridine rings is 1. The summed E-state index contributed by atoms with van der Waals surface area (Å²) in [6.45, 7) is 6.13. The number of nitrogens with two attached hydrogens (primary N) is 1. The zero-order chi connectivity index (χ0) is 13.1. The monoisotopic (exact) mass is 248 g/mol. The first-order chi connectivity index (χ1) is 8.60. The van der Waals surface area contributed by atoms with Gasteiger partial charge in [0.05, 0.1) is 5.69 Å². The van der Waals surface area contributed by atoms with Crippen LogP contribution in [0, 0.1) is 5.92 Å². The average Bonchev–Trinajstić information content (AvgIpc) is 2.71. The van der Waals surface area contributed by atoms with Gasteiger partial charge < -0.3 is 10.6 Å². The van der Waals surface area contributed by atoms with Crippen LogP contribution in [0.25, 0.3) is 0 Å². The lowest BCUT2D eigenvalue weighted by Gasteiger charge is -2.22. The Morgan fingerprint density at radius 3 is 2.67 bits per heavy atom. The molecule has 100 valence electrons. The van der Waals surface area contributed by atoms with Gasteiger partial charge in [0.2, 0.25) is 0 Å². The van der Waals surface area contributed by atoms with E-state index in [9.17, 15) is 0 Å². The summed E-state index contributed by atoms with van der Waals surface area (Å²) in [6.07, 6.45) is 1.89. The van der Waals surface area contributed by atoms with E-state index in [1.807, 2.05) is 6.20 Å². The molecular formula is C14H24N4. The van der Waals surface area contributed by atoms with E-state index in [2.05, 4.69) is 47.9 Å². The van der Waals surface area contributed by atoms with Crippen LogP contribution in [0.4, 0.5) is 0 Å². The summed E-state index contributed by atoms with van der Waals surface area (Å²) >= 11 is 0. The van der Waals surface area contributed by atoms with Crippen molar-refractivity contribution in [3.05, 3.63) is 29.6 Å². The Bertz CT molecular complexity index is 374. The van der Waals surface area contributed by atoms with Crippen LogP contribution in [0.1, 0.15) is 18.2 Å². The van der Waals surface area contributed by atoms with Crippen LogP contribution >= 0.6 is 0 Å². The van der Waals surface area contributed by atoms with Gasteiger partial charge in [-0.3, -0.25) is 9.88 Å². The van der Waals surface area contributed by atoms with E-state index in [1.165, 1.54) is 0 Å². The predicted molar refractivity (Wildman–Crippen MR) is 74.0 cm³/mol. The minimum Gasteiger partial charge on any atom is -0.326 e. The van der Waals surface area contributed by atoms with E-state index in [0.717, 1.165) is 36.8 Å². The lowest BCUT2D eigenvalue weighted by Crippen LogP contribution is -2.34. The molecule has 18 heavy (non-hydrogen) atoms. The van der Waals surface area contributed by atoms with E-state index in [1.54, 1.807) is 0 Å². The molecule has 1 saturated heterocycles.